The van der Waals surface area contributed by atoms with Crippen molar-refractivity contribution >= 4 is 0 Å². The molecule has 1 fully saturated rings. The Balaban J connectivity index is 2.23. The van der Waals surface area contributed by atoms with Crippen molar-refractivity contribution in [1.82, 2.24) is 10.2 Å². The number of rotatable bonds is 6. The van der Waals surface area contributed by atoms with Crippen LogP contribution in [0.3, 0.4) is 0 Å². The summed E-state index contributed by atoms with van der Waals surface area (Å²) in [4.78, 5) is 2.39. The highest BCUT2D eigenvalue weighted by molar-refractivity contribution is 5.31. The lowest BCUT2D eigenvalue weighted by molar-refractivity contribution is -0.0625. The molecule has 1 aliphatic rings. The molecule has 0 aliphatic carbocycles. The van der Waals surface area contributed by atoms with Crippen molar-refractivity contribution in [3.05, 3.63) is 35.4 Å². The summed E-state index contributed by atoms with van der Waals surface area (Å²) in [5, 5.41) is 3.50. The zero-order valence-corrected chi connectivity index (χ0v) is 13.6. The third-order valence-electron chi connectivity index (χ3n) is 4.00. The molecule has 1 aromatic rings. The van der Waals surface area contributed by atoms with Crippen molar-refractivity contribution < 1.29 is 9.47 Å². The Morgan fingerprint density at radius 3 is 2.86 bits per heavy atom. The average molecular weight is 292 g/mol. The predicted molar refractivity (Wildman–Crippen MR) is 85.4 cm³/mol. The van der Waals surface area contributed by atoms with E-state index in [1.54, 1.807) is 7.11 Å². The summed E-state index contributed by atoms with van der Waals surface area (Å²) in [6.07, 6.45) is 0.171. The van der Waals surface area contributed by atoms with Gasteiger partial charge in [-0.2, -0.15) is 0 Å². The Hall–Kier alpha value is -0.940. The molecule has 118 valence electrons. The number of nitrogens with one attached hydrogen (secondary N) is 1. The molecule has 0 spiro atoms. The van der Waals surface area contributed by atoms with Crippen LogP contribution in [0.2, 0.25) is 0 Å². The average Bonchev–Trinajstić information content (AvgIpc) is 2.46. The molecular formula is C17H28N2O2. The maximum absolute atomic E-state index is 6.05. The summed E-state index contributed by atoms with van der Waals surface area (Å²) in [6, 6.07) is 9.26. The first-order valence-electron chi connectivity index (χ1n) is 7.75. The molecule has 4 heteroatoms. The summed E-state index contributed by atoms with van der Waals surface area (Å²) < 4.78 is 11.4. The third kappa shape index (κ3) is 4.27. The van der Waals surface area contributed by atoms with Crippen molar-refractivity contribution in [3.8, 4) is 0 Å². The molecule has 1 N–H and O–H groups in total. The second-order valence-electron chi connectivity index (χ2n) is 6.03. The SMILES string of the molecule is COCc1ccccc1C1C(CNC(C)C)OCCN1C. The monoisotopic (exact) mass is 292 g/mol. The standard InChI is InChI=1S/C17H28N2O2/c1-13(2)18-11-16-17(19(3)9-10-21-16)15-8-6-5-7-14(15)12-20-4/h5-8,13,16-18H,9-12H2,1-4H3. The van der Waals surface area contributed by atoms with Crippen LogP contribution in [0.25, 0.3) is 0 Å². The van der Waals surface area contributed by atoms with Gasteiger partial charge in [-0.1, -0.05) is 38.1 Å². The molecule has 0 aromatic heterocycles. The lowest BCUT2D eigenvalue weighted by Gasteiger charge is -2.40. The van der Waals surface area contributed by atoms with Crippen molar-refractivity contribution in [2.24, 2.45) is 0 Å². The fourth-order valence-corrected chi connectivity index (χ4v) is 2.93. The minimum Gasteiger partial charge on any atom is -0.380 e. The first kappa shape index (κ1) is 16.4. The highest BCUT2D eigenvalue weighted by atomic mass is 16.5. The minimum atomic E-state index is 0.171. The fourth-order valence-electron chi connectivity index (χ4n) is 2.93. The zero-order valence-electron chi connectivity index (χ0n) is 13.6. The number of ether oxygens (including phenoxy) is 2. The van der Waals surface area contributed by atoms with Gasteiger partial charge in [-0.15, -0.1) is 0 Å². The van der Waals surface area contributed by atoms with Gasteiger partial charge in [-0.05, 0) is 18.2 Å². The van der Waals surface area contributed by atoms with Gasteiger partial charge >= 0.3 is 0 Å². The number of hydrogen-bond donors (Lipinski definition) is 1. The van der Waals surface area contributed by atoms with Crippen molar-refractivity contribution in [1.29, 1.82) is 0 Å². The highest BCUT2D eigenvalue weighted by Gasteiger charge is 2.32. The van der Waals surface area contributed by atoms with Crippen LogP contribution in [-0.4, -0.2) is 50.9 Å². The van der Waals surface area contributed by atoms with Crippen LogP contribution in [0.1, 0.15) is 31.0 Å². The summed E-state index contributed by atoms with van der Waals surface area (Å²) in [6.45, 7) is 7.60. The maximum Gasteiger partial charge on any atom is 0.0896 e. The topological polar surface area (TPSA) is 33.7 Å². The van der Waals surface area contributed by atoms with E-state index in [4.69, 9.17) is 9.47 Å². The Kier molecular flexibility index (Phi) is 6.18. The number of hydrogen-bond acceptors (Lipinski definition) is 4. The summed E-state index contributed by atoms with van der Waals surface area (Å²) in [5.74, 6) is 0. The first-order valence-corrected chi connectivity index (χ1v) is 7.75. The molecule has 2 atom stereocenters. The van der Waals surface area contributed by atoms with Gasteiger partial charge in [0.15, 0.2) is 0 Å². The summed E-state index contributed by atoms with van der Waals surface area (Å²) in [7, 11) is 3.93. The molecule has 1 saturated heterocycles. The summed E-state index contributed by atoms with van der Waals surface area (Å²) in [5.41, 5.74) is 2.56. The Labute approximate surface area is 128 Å². The Morgan fingerprint density at radius 1 is 1.38 bits per heavy atom. The molecule has 0 amide bonds. The minimum absolute atomic E-state index is 0.171. The van der Waals surface area contributed by atoms with Crippen molar-refractivity contribution in [3.63, 3.8) is 0 Å². The third-order valence-corrected chi connectivity index (χ3v) is 4.00. The molecular weight excluding hydrogens is 264 g/mol. The van der Waals surface area contributed by atoms with Crippen LogP contribution >= 0.6 is 0 Å². The van der Waals surface area contributed by atoms with E-state index in [0.717, 1.165) is 19.7 Å². The van der Waals surface area contributed by atoms with Crippen LogP contribution in [0.4, 0.5) is 0 Å². The zero-order chi connectivity index (χ0) is 15.2. The number of benzene rings is 1. The van der Waals surface area contributed by atoms with Gasteiger partial charge in [0, 0.05) is 26.2 Å². The molecule has 2 rings (SSSR count). The molecule has 1 aliphatic heterocycles. The van der Waals surface area contributed by atoms with Gasteiger partial charge in [0.05, 0.1) is 25.4 Å². The largest absolute Gasteiger partial charge is 0.380 e. The molecule has 0 saturated carbocycles. The van der Waals surface area contributed by atoms with Gasteiger partial charge in [0.1, 0.15) is 0 Å². The quantitative estimate of drug-likeness (QED) is 0.871. The van der Waals surface area contributed by atoms with E-state index in [-0.39, 0.29) is 12.1 Å². The van der Waals surface area contributed by atoms with E-state index in [0.29, 0.717) is 12.6 Å². The Morgan fingerprint density at radius 2 is 2.14 bits per heavy atom. The molecule has 21 heavy (non-hydrogen) atoms. The smallest absolute Gasteiger partial charge is 0.0896 e. The van der Waals surface area contributed by atoms with Crippen LogP contribution in [-0.2, 0) is 16.1 Å². The van der Waals surface area contributed by atoms with E-state index in [9.17, 15) is 0 Å². The second-order valence-corrected chi connectivity index (χ2v) is 6.03. The number of likely N-dealkylation sites (N-methyl/N-ethyl adjacent to an activating group) is 1. The van der Waals surface area contributed by atoms with Crippen LogP contribution in [0.5, 0.6) is 0 Å². The van der Waals surface area contributed by atoms with Crippen LogP contribution in [0.15, 0.2) is 24.3 Å². The van der Waals surface area contributed by atoms with Gasteiger partial charge in [0.25, 0.3) is 0 Å². The molecule has 1 heterocycles. The second kappa shape index (κ2) is 7.90. The van der Waals surface area contributed by atoms with E-state index >= 15 is 0 Å². The molecule has 0 radical (unpaired) electrons. The molecule has 4 nitrogen and oxygen atoms in total. The van der Waals surface area contributed by atoms with Gasteiger partial charge in [0.2, 0.25) is 0 Å². The maximum atomic E-state index is 6.05. The fraction of sp³-hybridized carbons (Fsp3) is 0.647. The van der Waals surface area contributed by atoms with Gasteiger partial charge in [-0.3, -0.25) is 4.90 Å². The highest BCUT2D eigenvalue weighted by Crippen LogP contribution is 2.30. The Bertz CT molecular complexity index is 437. The molecule has 1 aromatic carbocycles. The van der Waals surface area contributed by atoms with E-state index in [2.05, 4.69) is 55.4 Å². The summed E-state index contributed by atoms with van der Waals surface area (Å²) >= 11 is 0. The molecule has 0 bridgehead atoms. The van der Waals surface area contributed by atoms with Gasteiger partial charge < -0.3 is 14.8 Å². The lowest BCUT2D eigenvalue weighted by atomic mass is 9.94. The van der Waals surface area contributed by atoms with E-state index in [1.807, 2.05) is 0 Å². The lowest BCUT2D eigenvalue weighted by Crippen LogP contribution is -2.48. The normalized spacial score (nSPS) is 23.7. The van der Waals surface area contributed by atoms with E-state index in [1.165, 1.54) is 11.1 Å². The number of morpholine rings is 1. The number of nitrogens with zero attached hydrogens (tertiary/aromatic N) is 1. The van der Waals surface area contributed by atoms with Gasteiger partial charge in [-0.25, -0.2) is 0 Å². The number of methoxy groups -OCH3 is 1. The van der Waals surface area contributed by atoms with E-state index < -0.39 is 0 Å². The predicted octanol–water partition coefficient (Wildman–Crippen LogP) is 2.20. The van der Waals surface area contributed by atoms with Crippen LogP contribution < -0.4 is 5.32 Å². The van der Waals surface area contributed by atoms with Crippen molar-refractivity contribution in [2.75, 3.05) is 33.9 Å². The van der Waals surface area contributed by atoms with Crippen molar-refractivity contribution in [2.45, 2.75) is 38.6 Å². The first-order chi connectivity index (χ1) is 10.1. The molecule has 2 unspecified atom stereocenters. The van der Waals surface area contributed by atoms with Crippen LogP contribution in [0, 0.1) is 0 Å².